The van der Waals surface area contributed by atoms with Crippen LogP contribution in [0.3, 0.4) is 0 Å². The molecule has 0 amide bonds. The highest BCUT2D eigenvalue weighted by Crippen LogP contribution is 2.33. The van der Waals surface area contributed by atoms with Crippen LogP contribution in [0.1, 0.15) is 31.1 Å². The molecule has 186 valence electrons. The van der Waals surface area contributed by atoms with Gasteiger partial charge in [0.15, 0.2) is 23.2 Å². The fourth-order valence-electron chi connectivity index (χ4n) is 3.78. The molecule has 1 N–H and O–H groups in total. The lowest BCUT2D eigenvalue weighted by Gasteiger charge is -2.12. The van der Waals surface area contributed by atoms with E-state index in [0.717, 1.165) is 0 Å². The van der Waals surface area contributed by atoms with E-state index in [1.807, 2.05) is 0 Å². The Hall–Kier alpha value is -3.84. The van der Waals surface area contributed by atoms with Gasteiger partial charge in [-0.15, -0.1) is 0 Å². The molecule has 0 radical (unpaired) electrons. The monoisotopic (exact) mass is 496 g/mol. The zero-order chi connectivity index (χ0) is 25.8. The molecule has 0 aliphatic heterocycles. The molecule has 0 aliphatic carbocycles. The molecule has 3 nitrogen and oxygen atoms in total. The summed E-state index contributed by atoms with van der Waals surface area (Å²) in [5.41, 5.74) is 1.79. The minimum Gasteiger partial charge on any atom is -0.491 e. The van der Waals surface area contributed by atoms with Gasteiger partial charge in [0.1, 0.15) is 12.4 Å². The largest absolute Gasteiger partial charge is 0.491 e. The van der Waals surface area contributed by atoms with Crippen molar-refractivity contribution in [1.82, 2.24) is 0 Å². The Kier molecular flexibility index (Phi) is 7.60. The molecule has 0 saturated heterocycles. The molecule has 0 saturated carbocycles. The van der Waals surface area contributed by atoms with E-state index in [2.05, 4.69) is 0 Å². The summed E-state index contributed by atoms with van der Waals surface area (Å²) in [7, 11) is 0. The van der Waals surface area contributed by atoms with E-state index in [9.17, 15) is 22.7 Å². The first-order valence-electron chi connectivity index (χ1n) is 11.4. The Morgan fingerprint density at radius 2 is 1.22 bits per heavy atom. The molecule has 1 atom stereocenters. The normalized spacial score (nSPS) is 11.9. The van der Waals surface area contributed by atoms with E-state index in [-0.39, 0.29) is 35.7 Å². The molecule has 4 aromatic rings. The molecule has 0 heterocycles. The first kappa shape index (κ1) is 25.3. The summed E-state index contributed by atoms with van der Waals surface area (Å²) in [6.07, 6.45) is -0.656. The summed E-state index contributed by atoms with van der Waals surface area (Å²) in [5, 5.41) is 9.63. The summed E-state index contributed by atoms with van der Waals surface area (Å²) in [4.78, 5) is 0. The van der Waals surface area contributed by atoms with Crippen LogP contribution in [0.15, 0.2) is 72.8 Å². The second-order valence-corrected chi connectivity index (χ2v) is 8.18. The molecule has 36 heavy (non-hydrogen) atoms. The van der Waals surface area contributed by atoms with Gasteiger partial charge < -0.3 is 14.6 Å². The van der Waals surface area contributed by atoms with E-state index in [1.54, 1.807) is 50.2 Å². The first-order valence-corrected chi connectivity index (χ1v) is 11.4. The zero-order valence-electron chi connectivity index (χ0n) is 19.7. The Balaban J connectivity index is 1.50. The van der Waals surface area contributed by atoms with Gasteiger partial charge in [0.05, 0.1) is 12.7 Å². The summed E-state index contributed by atoms with van der Waals surface area (Å²) >= 11 is 0. The van der Waals surface area contributed by atoms with E-state index in [4.69, 9.17) is 9.47 Å². The third-order valence-electron chi connectivity index (χ3n) is 5.77. The Morgan fingerprint density at radius 3 is 1.75 bits per heavy atom. The molecular weight excluding hydrogens is 472 g/mol. The SMILES string of the molecule is CCOc1ccc(COc2ccc(-c3ccc(-c4ccc(C(C)O)cc4)c(F)c3F)cc2)c(F)c1F. The Morgan fingerprint density at radius 1 is 0.667 bits per heavy atom. The molecule has 1 unspecified atom stereocenters. The molecule has 4 rings (SSSR count). The van der Waals surface area contributed by atoms with Crippen LogP contribution < -0.4 is 9.47 Å². The number of hydrogen-bond donors (Lipinski definition) is 1. The van der Waals surface area contributed by atoms with Crippen LogP contribution in [0.4, 0.5) is 17.6 Å². The molecular formula is C29H24F4O3. The average molecular weight is 497 g/mol. The number of halogens is 4. The number of rotatable bonds is 8. The second kappa shape index (κ2) is 10.8. The predicted octanol–water partition coefficient (Wildman–Crippen LogP) is 7.61. The molecule has 0 fully saturated rings. The fraction of sp³-hybridized carbons (Fsp3) is 0.172. The van der Waals surface area contributed by atoms with Crippen LogP contribution in [-0.2, 0) is 6.61 Å². The highest BCUT2D eigenvalue weighted by atomic mass is 19.2. The van der Waals surface area contributed by atoms with Crippen molar-refractivity contribution in [3.05, 3.63) is 107 Å². The molecule has 7 heteroatoms. The van der Waals surface area contributed by atoms with Crippen LogP contribution in [0.2, 0.25) is 0 Å². The van der Waals surface area contributed by atoms with Crippen molar-refractivity contribution < 1.29 is 32.1 Å². The van der Waals surface area contributed by atoms with Gasteiger partial charge in [-0.05, 0) is 54.8 Å². The highest BCUT2D eigenvalue weighted by molar-refractivity contribution is 5.72. The fourth-order valence-corrected chi connectivity index (χ4v) is 3.78. The van der Waals surface area contributed by atoms with Crippen LogP contribution in [0.5, 0.6) is 11.5 Å². The molecule has 4 aromatic carbocycles. The minimum atomic E-state index is -1.08. The predicted molar refractivity (Wildman–Crippen MR) is 130 cm³/mol. The quantitative estimate of drug-likeness (QED) is 0.255. The number of aliphatic hydroxyl groups is 1. The summed E-state index contributed by atoms with van der Waals surface area (Å²) in [6, 6.07) is 18.5. The van der Waals surface area contributed by atoms with Gasteiger partial charge in [0.2, 0.25) is 5.82 Å². The Bertz CT molecular complexity index is 1350. The maximum atomic E-state index is 14.9. The number of aliphatic hydroxyl groups excluding tert-OH is 1. The van der Waals surface area contributed by atoms with Crippen molar-refractivity contribution in [2.75, 3.05) is 6.61 Å². The minimum absolute atomic E-state index is 0.0187. The van der Waals surface area contributed by atoms with E-state index in [1.165, 1.54) is 36.4 Å². The second-order valence-electron chi connectivity index (χ2n) is 8.18. The highest BCUT2D eigenvalue weighted by Gasteiger charge is 2.17. The number of ether oxygens (including phenoxy) is 2. The summed E-state index contributed by atoms with van der Waals surface area (Å²) < 4.78 is 68.7. The lowest BCUT2D eigenvalue weighted by Crippen LogP contribution is -2.03. The van der Waals surface area contributed by atoms with Crippen LogP contribution in [-0.4, -0.2) is 11.7 Å². The van der Waals surface area contributed by atoms with Crippen LogP contribution in [0.25, 0.3) is 22.3 Å². The van der Waals surface area contributed by atoms with Gasteiger partial charge in [0.25, 0.3) is 0 Å². The van der Waals surface area contributed by atoms with Crippen molar-refractivity contribution in [3.8, 4) is 33.8 Å². The smallest absolute Gasteiger partial charge is 0.201 e. The molecule has 0 aliphatic rings. The van der Waals surface area contributed by atoms with Crippen LogP contribution >= 0.6 is 0 Å². The number of hydrogen-bond acceptors (Lipinski definition) is 3. The van der Waals surface area contributed by atoms with Crippen molar-refractivity contribution in [1.29, 1.82) is 0 Å². The van der Waals surface area contributed by atoms with E-state index >= 15 is 0 Å². The maximum Gasteiger partial charge on any atom is 0.201 e. The maximum absolute atomic E-state index is 14.9. The van der Waals surface area contributed by atoms with Crippen molar-refractivity contribution in [3.63, 3.8) is 0 Å². The van der Waals surface area contributed by atoms with E-state index < -0.39 is 29.4 Å². The average Bonchev–Trinajstić information content (AvgIpc) is 2.88. The van der Waals surface area contributed by atoms with Gasteiger partial charge in [0, 0.05) is 16.7 Å². The van der Waals surface area contributed by atoms with Crippen molar-refractivity contribution in [2.45, 2.75) is 26.6 Å². The van der Waals surface area contributed by atoms with Crippen molar-refractivity contribution >= 4 is 0 Å². The molecule has 0 spiro atoms. The standard InChI is InChI=1S/C29H24F4O3/c1-3-35-25-15-10-21(26(30)29(25)33)16-36-22-11-8-20(9-12-22)24-14-13-23(27(31)28(24)32)19-6-4-18(5-7-19)17(2)34/h4-15,17,34H,3,16H2,1-2H3. The van der Waals surface area contributed by atoms with Gasteiger partial charge in [-0.3, -0.25) is 0 Å². The first-order chi connectivity index (χ1) is 17.3. The lowest BCUT2D eigenvalue weighted by atomic mass is 9.97. The molecule has 0 bridgehead atoms. The summed E-state index contributed by atoms with van der Waals surface area (Å²) in [5.74, 6) is -3.91. The van der Waals surface area contributed by atoms with Crippen molar-refractivity contribution in [2.24, 2.45) is 0 Å². The zero-order valence-corrected chi connectivity index (χ0v) is 19.7. The summed E-state index contributed by atoms with van der Waals surface area (Å²) in [6.45, 7) is 3.28. The van der Waals surface area contributed by atoms with Gasteiger partial charge >= 0.3 is 0 Å². The Labute approximate surface area is 206 Å². The van der Waals surface area contributed by atoms with Gasteiger partial charge in [-0.25, -0.2) is 13.2 Å². The van der Waals surface area contributed by atoms with Crippen LogP contribution in [0, 0.1) is 23.3 Å². The number of benzene rings is 4. The topological polar surface area (TPSA) is 38.7 Å². The third kappa shape index (κ3) is 5.21. The van der Waals surface area contributed by atoms with Gasteiger partial charge in [-0.1, -0.05) is 48.5 Å². The third-order valence-corrected chi connectivity index (χ3v) is 5.77. The van der Waals surface area contributed by atoms with E-state index in [0.29, 0.717) is 22.4 Å². The molecule has 0 aromatic heterocycles. The van der Waals surface area contributed by atoms with Gasteiger partial charge in [-0.2, -0.15) is 4.39 Å². The lowest BCUT2D eigenvalue weighted by molar-refractivity contribution is 0.199.